The number of rotatable bonds is 5. The average molecular weight is 337 g/mol. The van der Waals surface area contributed by atoms with Crippen LogP contribution in [0.1, 0.15) is 12.5 Å². The first-order chi connectivity index (χ1) is 11.6. The molecule has 4 heteroatoms. The zero-order chi connectivity index (χ0) is 16.9. The van der Waals surface area contributed by atoms with Gasteiger partial charge >= 0.3 is 5.97 Å². The Morgan fingerprint density at radius 1 is 1.08 bits per heavy atom. The fraction of sp³-hybridized carbons (Fsp3) is 0.150. The summed E-state index contributed by atoms with van der Waals surface area (Å²) in [4.78, 5) is 13.4. The molecule has 0 radical (unpaired) electrons. The number of anilines is 1. The highest BCUT2D eigenvalue weighted by atomic mass is 32.1. The second kappa shape index (κ2) is 7.32. The summed E-state index contributed by atoms with van der Waals surface area (Å²) in [7, 11) is 0. The summed E-state index contributed by atoms with van der Waals surface area (Å²) in [6, 6.07) is 19.4. The van der Waals surface area contributed by atoms with Crippen molar-refractivity contribution in [2.75, 3.05) is 5.32 Å². The Morgan fingerprint density at radius 2 is 1.79 bits per heavy atom. The highest BCUT2D eigenvalue weighted by Gasteiger charge is 2.17. The lowest BCUT2D eigenvalue weighted by molar-refractivity contribution is -0.134. The Kier molecular flexibility index (Phi) is 4.96. The first-order valence-corrected chi connectivity index (χ1v) is 8.69. The number of thiophene rings is 1. The van der Waals surface area contributed by atoms with E-state index in [0.29, 0.717) is 5.75 Å². The fourth-order valence-electron chi connectivity index (χ4n) is 2.36. The number of esters is 1. The van der Waals surface area contributed by atoms with Crippen molar-refractivity contribution in [3.05, 3.63) is 71.6 Å². The van der Waals surface area contributed by atoms with Gasteiger partial charge in [0.2, 0.25) is 0 Å². The Hall–Kier alpha value is -2.59. The summed E-state index contributed by atoms with van der Waals surface area (Å²) >= 11 is 1.57. The molecule has 3 aromatic rings. The van der Waals surface area contributed by atoms with Crippen LogP contribution < -0.4 is 10.1 Å². The van der Waals surface area contributed by atoms with Crippen LogP contribution in [0.5, 0.6) is 5.75 Å². The predicted molar refractivity (Wildman–Crippen MR) is 99.7 cm³/mol. The van der Waals surface area contributed by atoms with Crippen LogP contribution in [-0.4, -0.2) is 12.0 Å². The minimum atomic E-state index is -0.425. The van der Waals surface area contributed by atoms with Crippen LogP contribution in [-0.2, 0) is 4.79 Å². The van der Waals surface area contributed by atoms with Crippen molar-refractivity contribution in [1.29, 1.82) is 0 Å². The molecule has 0 unspecified atom stereocenters. The molecule has 3 nitrogen and oxygen atoms in total. The van der Waals surface area contributed by atoms with Crippen molar-refractivity contribution >= 4 is 23.0 Å². The molecule has 0 aliphatic heterocycles. The fourth-order valence-corrected chi connectivity index (χ4v) is 3.17. The molecule has 24 heavy (non-hydrogen) atoms. The van der Waals surface area contributed by atoms with E-state index in [2.05, 4.69) is 5.32 Å². The summed E-state index contributed by atoms with van der Waals surface area (Å²) in [5, 5.41) is 5.06. The molecule has 1 heterocycles. The van der Waals surface area contributed by atoms with Gasteiger partial charge in [0.25, 0.3) is 0 Å². The highest BCUT2D eigenvalue weighted by Crippen LogP contribution is 2.31. The van der Waals surface area contributed by atoms with Gasteiger partial charge in [0.15, 0.2) is 0 Å². The average Bonchev–Trinajstić information content (AvgIpc) is 3.06. The topological polar surface area (TPSA) is 38.3 Å². The maximum absolute atomic E-state index is 12.3. The SMILES string of the molecule is Cc1ccccc1N[C@@H](C)C(=O)Oc1csc(-c2ccccc2)c1. The normalized spacial score (nSPS) is 11.8. The van der Waals surface area contributed by atoms with Crippen molar-refractivity contribution in [3.8, 4) is 16.2 Å². The molecular formula is C20H19NO2S. The molecule has 1 N–H and O–H groups in total. The number of benzene rings is 2. The largest absolute Gasteiger partial charge is 0.424 e. The number of ether oxygens (including phenoxy) is 1. The van der Waals surface area contributed by atoms with Crippen molar-refractivity contribution in [2.45, 2.75) is 19.9 Å². The first-order valence-electron chi connectivity index (χ1n) is 7.81. The van der Waals surface area contributed by atoms with Crippen LogP contribution in [0.3, 0.4) is 0 Å². The third-order valence-electron chi connectivity index (χ3n) is 3.72. The molecule has 1 aromatic heterocycles. The zero-order valence-corrected chi connectivity index (χ0v) is 14.5. The van der Waals surface area contributed by atoms with Crippen molar-refractivity contribution in [3.63, 3.8) is 0 Å². The van der Waals surface area contributed by atoms with Gasteiger partial charge in [-0.2, -0.15) is 0 Å². The molecule has 0 spiro atoms. The van der Waals surface area contributed by atoms with Crippen LogP contribution in [0.4, 0.5) is 5.69 Å². The summed E-state index contributed by atoms with van der Waals surface area (Å²) < 4.78 is 5.50. The molecule has 0 fully saturated rings. The zero-order valence-electron chi connectivity index (χ0n) is 13.7. The minimum Gasteiger partial charge on any atom is -0.424 e. The van der Waals surface area contributed by atoms with E-state index in [-0.39, 0.29) is 5.97 Å². The van der Waals surface area contributed by atoms with E-state index < -0.39 is 6.04 Å². The van der Waals surface area contributed by atoms with Crippen molar-refractivity contribution < 1.29 is 9.53 Å². The number of para-hydroxylation sites is 1. The Balaban J connectivity index is 1.65. The molecule has 0 aliphatic rings. The molecule has 0 aliphatic carbocycles. The summed E-state index contributed by atoms with van der Waals surface area (Å²) in [5.41, 5.74) is 3.16. The van der Waals surface area contributed by atoms with Crippen LogP contribution in [0.15, 0.2) is 66.0 Å². The lowest BCUT2D eigenvalue weighted by Gasteiger charge is -2.15. The second-order valence-electron chi connectivity index (χ2n) is 5.61. The number of hydrogen-bond acceptors (Lipinski definition) is 4. The number of nitrogens with one attached hydrogen (secondary N) is 1. The van der Waals surface area contributed by atoms with Gasteiger partial charge in [-0.05, 0) is 37.1 Å². The van der Waals surface area contributed by atoms with Crippen molar-refractivity contribution in [1.82, 2.24) is 0 Å². The van der Waals surface area contributed by atoms with Crippen LogP contribution >= 0.6 is 11.3 Å². The van der Waals surface area contributed by atoms with E-state index in [0.717, 1.165) is 21.7 Å². The van der Waals surface area contributed by atoms with Gasteiger partial charge in [-0.15, -0.1) is 11.3 Å². The van der Waals surface area contributed by atoms with E-state index in [1.54, 1.807) is 18.3 Å². The summed E-state index contributed by atoms with van der Waals surface area (Å²) in [6.07, 6.45) is 0. The first kappa shape index (κ1) is 16.3. The summed E-state index contributed by atoms with van der Waals surface area (Å²) in [6.45, 7) is 3.81. The van der Waals surface area contributed by atoms with Gasteiger partial charge < -0.3 is 10.1 Å². The second-order valence-corrected chi connectivity index (χ2v) is 6.53. The van der Waals surface area contributed by atoms with Gasteiger partial charge in [-0.25, -0.2) is 4.79 Å². The molecule has 0 saturated carbocycles. The standard InChI is InChI=1S/C20H19NO2S/c1-14-8-6-7-11-18(14)21-15(2)20(22)23-17-12-19(24-13-17)16-9-4-3-5-10-16/h3-13,15,21H,1-2H3/t15-/m0/s1. The number of carbonyl (C=O) groups is 1. The Morgan fingerprint density at radius 3 is 2.54 bits per heavy atom. The molecule has 122 valence electrons. The molecule has 3 rings (SSSR count). The van der Waals surface area contributed by atoms with Gasteiger partial charge in [0.1, 0.15) is 11.8 Å². The minimum absolute atomic E-state index is 0.296. The van der Waals surface area contributed by atoms with Gasteiger partial charge in [-0.3, -0.25) is 0 Å². The Labute approximate surface area is 145 Å². The number of aryl methyl sites for hydroxylation is 1. The molecule has 0 amide bonds. The maximum atomic E-state index is 12.3. The van der Waals surface area contributed by atoms with Crippen molar-refractivity contribution in [2.24, 2.45) is 0 Å². The number of hydrogen-bond donors (Lipinski definition) is 1. The smallest absolute Gasteiger partial charge is 0.333 e. The van der Waals surface area contributed by atoms with Gasteiger partial charge in [0.05, 0.1) is 0 Å². The predicted octanol–water partition coefficient (Wildman–Crippen LogP) is 5.13. The van der Waals surface area contributed by atoms with E-state index in [1.165, 1.54) is 0 Å². The van der Waals surface area contributed by atoms with E-state index in [4.69, 9.17) is 4.74 Å². The van der Waals surface area contributed by atoms with E-state index in [1.807, 2.05) is 73.0 Å². The van der Waals surface area contributed by atoms with Gasteiger partial charge in [-0.1, -0.05) is 48.5 Å². The molecule has 2 aromatic carbocycles. The lowest BCUT2D eigenvalue weighted by Crippen LogP contribution is -2.30. The van der Waals surface area contributed by atoms with E-state index >= 15 is 0 Å². The maximum Gasteiger partial charge on any atom is 0.333 e. The molecular weight excluding hydrogens is 318 g/mol. The third-order valence-corrected chi connectivity index (χ3v) is 4.68. The van der Waals surface area contributed by atoms with Crippen LogP contribution in [0.25, 0.3) is 10.4 Å². The Bertz CT molecular complexity index is 826. The quantitative estimate of drug-likeness (QED) is 0.656. The monoisotopic (exact) mass is 337 g/mol. The lowest BCUT2D eigenvalue weighted by atomic mass is 10.2. The third kappa shape index (κ3) is 3.84. The molecule has 0 bridgehead atoms. The number of carbonyl (C=O) groups excluding carboxylic acids is 1. The highest BCUT2D eigenvalue weighted by molar-refractivity contribution is 7.13. The van der Waals surface area contributed by atoms with Crippen LogP contribution in [0.2, 0.25) is 0 Å². The summed E-state index contributed by atoms with van der Waals surface area (Å²) in [5.74, 6) is 0.290. The molecule has 1 atom stereocenters. The van der Waals surface area contributed by atoms with Gasteiger partial charge in [0, 0.05) is 15.9 Å². The van der Waals surface area contributed by atoms with E-state index in [9.17, 15) is 4.79 Å². The molecule has 0 saturated heterocycles. The van der Waals surface area contributed by atoms with Crippen LogP contribution in [0, 0.1) is 6.92 Å².